The molecule has 0 heterocycles. The molecule has 0 saturated heterocycles. The van der Waals surface area contributed by atoms with Gasteiger partial charge in [0.1, 0.15) is 11.5 Å². The van der Waals surface area contributed by atoms with Gasteiger partial charge in [-0.25, -0.2) is 4.79 Å². The van der Waals surface area contributed by atoms with E-state index in [0.29, 0.717) is 12.2 Å². The SMILES string of the molecule is O=C(O)[C@H](Cc1ccc(Oc2ccccc2)cc1)OCc1ccccc1. The summed E-state index contributed by atoms with van der Waals surface area (Å²) in [6.07, 6.45) is -0.593. The molecule has 0 amide bonds. The lowest BCUT2D eigenvalue weighted by atomic mass is 10.1. The molecule has 0 aliphatic heterocycles. The molecule has 3 aromatic carbocycles. The first-order valence-electron chi connectivity index (χ1n) is 8.41. The predicted octanol–water partition coefficient (Wildman–Crippen LogP) is 4.69. The average molecular weight is 348 g/mol. The smallest absolute Gasteiger partial charge is 0.333 e. The second-order valence-corrected chi connectivity index (χ2v) is 5.89. The average Bonchev–Trinajstić information content (AvgIpc) is 2.68. The van der Waals surface area contributed by atoms with E-state index in [9.17, 15) is 9.90 Å². The molecule has 0 radical (unpaired) electrons. The summed E-state index contributed by atoms with van der Waals surface area (Å²) in [6.45, 7) is 0.271. The van der Waals surface area contributed by atoms with E-state index in [1.54, 1.807) is 0 Å². The highest BCUT2D eigenvalue weighted by atomic mass is 16.5. The van der Waals surface area contributed by atoms with Crippen molar-refractivity contribution in [3.8, 4) is 11.5 Å². The van der Waals surface area contributed by atoms with Crippen molar-refractivity contribution in [2.75, 3.05) is 0 Å². The summed E-state index contributed by atoms with van der Waals surface area (Å²) in [5.41, 5.74) is 1.83. The molecule has 132 valence electrons. The number of carboxylic acid groups (broad SMARTS) is 1. The Morgan fingerprint density at radius 3 is 1.96 bits per heavy atom. The molecule has 0 saturated carbocycles. The third-order valence-electron chi connectivity index (χ3n) is 3.89. The van der Waals surface area contributed by atoms with Crippen LogP contribution < -0.4 is 4.74 Å². The van der Waals surface area contributed by atoms with Crippen LogP contribution in [0.2, 0.25) is 0 Å². The van der Waals surface area contributed by atoms with Gasteiger partial charge in [0.2, 0.25) is 0 Å². The van der Waals surface area contributed by atoms with Crippen LogP contribution >= 0.6 is 0 Å². The molecule has 0 aromatic heterocycles. The lowest BCUT2D eigenvalue weighted by Crippen LogP contribution is -2.26. The van der Waals surface area contributed by atoms with Crippen LogP contribution in [-0.4, -0.2) is 17.2 Å². The van der Waals surface area contributed by atoms with Crippen LogP contribution in [0.4, 0.5) is 0 Å². The highest BCUT2D eigenvalue weighted by Crippen LogP contribution is 2.22. The third-order valence-corrected chi connectivity index (χ3v) is 3.89. The first-order chi connectivity index (χ1) is 12.7. The van der Waals surface area contributed by atoms with E-state index < -0.39 is 12.1 Å². The lowest BCUT2D eigenvalue weighted by Gasteiger charge is -2.14. The zero-order valence-electron chi connectivity index (χ0n) is 14.2. The van der Waals surface area contributed by atoms with Crippen LogP contribution in [0.25, 0.3) is 0 Å². The van der Waals surface area contributed by atoms with Crippen LogP contribution in [0, 0.1) is 0 Å². The molecule has 0 fully saturated rings. The van der Waals surface area contributed by atoms with Crippen molar-refractivity contribution in [2.45, 2.75) is 19.1 Å². The van der Waals surface area contributed by atoms with Crippen LogP contribution in [0.3, 0.4) is 0 Å². The monoisotopic (exact) mass is 348 g/mol. The van der Waals surface area contributed by atoms with Gasteiger partial charge in [0.15, 0.2) is 6.10 Å². The van der Waals surface area contributed by atoms with Gasteiger partial charge in [-0.3, -0.25) is 0 Å². The summed E-state index contributed by atoms with van der Waals surface area (Å²) in [7, 11) is 0. The van der Waals surface area contributed by atoms with Crippen molar-refractivity contribution >= 4 is 5.97 Å². The Labute approximate surface area is 152 Å². The molecule has 0 unspecified atom stereocenters. The number of carboxylic acids is 1. The molecule has 1 atom stereocenters. The zero-order chi connectivity index (χ0) is 18.2. The van der Waals surface area contributed by atoms with Crippen molar-refractivity contribution in [1.29, 1.82) is 0 Å². The van der Waals surface area contributed by atoms with Gasteiger partial charge in [-0.1, -0.05) is 60.7 Å². The zero-order valence-corrected chi connectivity index (χ0v) is 14.2. The van der Waals surface area contributed by atoms with Crippen LogP contribution in [0.15, 0.2) is 84.9 Å². The number of rotatable bonds is 8. The maximum absolute atomic E-state index is 11.5. The van der Waals surface area contributed by atoms with E-state index in [-0.39, 0.29) is 6.61 Å². The van der Waals surface area contributed by atoms with E-state index in [1.807, 2.05) is 84.9 Å². The van der Waals surface area contributed by atoms with Gasteiger partial charge in [0, 0.05) is 6.42 Å². The van der Waals surface area contributed by atoms with Crippen LogP contribution in [-0.2, 0) is 22.6 Å². The molecule has 26 heavy (non-hydrogen) atoms. The Morgan fingerprint density at radius 2 is 1.35 bits per heavy atom. The van der Waals surface area contributed by atoms with Gasteiger partial charge in [-0.2, -0.15) is 0 Å². The second kappa shape index (κ2) is 8.83. The van der Waals surface area contributed by atoms with Crippen molar-refractivity contribution in [3.05, 3.63) is 96.1 Å². The van der Waals surface area contributed by atoms with E-state index >= 15 is 0 Å². The maximum atomic E-state index is 11.5. The molecule has 1 N–H and O–H groups in total. The molecule has 4 heteroatoms. The quantitative estimate of drug-likeness (QED) is 0.641. The fourth-order valence-electron chi connectivity index (χ4n) is 2.52. The van der Waals surface area contributed by atoms with Crippen LogP contribution in [0.5, 0.6) is 11.5 Å². The minimum absolute atomic E-state index is 0.271. The first-order valence-corrected chi connectivity index (χ1v) is 8.41. The molecular weight excluding hydrogens is 328 g/mol. The van der Waals surface area contributed by atoms with E-state index in [1.165, 1.54) is 0 Å². The second-order valence-electron chi connectivity index (χ2n) is 5.89. The van der Waals surface area contributed by atoms with Gasteiger partial charge in [-0.05, 0) is 35.4 Å². The highest BCUT2D eigenvalue weighted by molar-refractivity contribution is 5.72. The van der Waals surface area contributed by atoms with Gasteiger partial charge < -0.3 is 14.6 Å². The minimum atomic E-state index is -0.967. The molecule has 0 aliphatic carbocycles. The van der Waals surface area contributed by atoms with Crippen molar-refractivity contribution in [1.82, 2.24) is 0 Å². The van der Waals surface area contributed by atoms with Gasteiger partial charge in [0.05, 0.1) is 6.61 Å². The number of carbonyl (C=O) groups is 1. The fourth-order valence-corrected chi connectivity index (χ4v) is 2.52. The number of benzene rings is 3. The lowest BCUT2D eigenvalue weighted by molar-refractivity contribution is -0.151. The van der Waals surface area contributed by atoms with Crippen molar-refractivity contribution in [3.63, 3.8) is 0 Å². The van der Waals surface area contributed by atoms with E-state index in [0.717, 1.165) is 16.9 Å². The molecule has 0 bridgehead atoms. The number of hydrogen-bond acceptors (Lipinski definition) is 3. The Morgan fingerprint density at radius 1 is 0.769 bits per heavy atom. The Hall–Kier alpha value is -3.11. The molecule has 0 spiro atoms. The van der Waals surface area contributed by atoms with Crippen molar-refractivity contribution in [2.24, 2.45) is 0 Å². The minimum Gasteiger partial charge on any atom is -0.479 e. The molecular formula is C22H20O4. The Kier molecular flexibility index (Phi) is 6.01. The number of aliphatic carboxylic acids is 1. The fraction of sp³-hybridized carbons (Fsp3) is 0.136. The molecule has 3 aromatic rings. The van der Waals surface area contributed by atoms with E-state index in [2.05, 4.69) is 0 Å². The molecule has 4 nitrogen and oxygen atoms in total. The van der Waals surface area contributed by atoms with Crippen molar-refractivity contribution < 1.29 is 19.4 Å². The molecule has 0 aliphatic rings. The van der Waals surface area contributed by atoms with Gasteiger partial charge in [0.25, 0.3) is 0 Å². The largest absolute Gasteiger partial charge is 0.479 e. The number of hydrogen-bond donors (Lipinski definition) is 1. The Balaban J connectivity index is 1.59. The Bertz CT molecular complexity index is 814. The maximum Gasteiger partial charge on any atom is 0.333 e. The summed E-state index contributed by atoms with van der Waals surface area (Å²) in [5.74, 6) is 0.498. The summed E-state index contributed by atoms with van der Waals surface area (Å²) >= 11 is 0. The molecule has 3 rings (SSSR count). The predicted molar refractivity (Wildman–Crippen MR) is 99.3 cm³/mol. The first kappa shape index (κ1) is 17.7. The van der Waals surface area contributed by atoms with Crippen LogP contribution in [0.1, 0.15) is 11.1 Å². The number of para-hydroxylation sites is 1. The standard InChI is InChI=1S/C22H20O4/c23-22(24)21(25-16-18-7-3-1-4-8-18)15-17-11-13-20(14-12-17)26-19-9-5-2-6-10-19/h1-14,21H,15-16H2,(H,23,24)/t21-/m0/s1. The van der Waals surface area contributed by atoms with E-state index in [4.69, 9.17) is 9.47 Å². The number of ether oxygens (including phenoxy) is 2. The topological polar surface area (TPSA) is 55.8 Å². The third kappa shape index (κ3) is 5.19. The summed E-state index contributed by atoms with van der Waals surface area (Å²) in [6, 6.07) is 26.4. The van der Waals surface area contributed by atoms with Gasteiger partial charge in [-0.15, -0.1) is 0 Å². The summed E-state index contributed by atoms with van der Waals surface area (Å²) in [4.78, 5) is 11.5. The summed E-state index contributed by atoms with van der Waals surface area (Å²) in [5, 5.41) is 9.41. The summed E-state index contributed by atoms with van der Waals surface area (Å²) < 4.78 is 11.3. The van der Waals surface area contributed by atoms with Gasteiger partial charge >= 0.3 is 5.97 Å². The normalized spacial score (nSPS) is 11.7. The highest BCUT2D eigenvalue weighted by Gasteiger charge is 2.18.